The molecule has 0 aliphatic carbocycles. The fraction of sp³-hybridized carbons (Fsp3) is 0.600. The zero-order chi connectivity index (χ0) is 15.7. The van der Waals surface area contributed by atoms with Gasteiger partial charge in [0.25, 0.3) is 0 Å². The molecule has 1 fully saturated rings. The highest BCUT2D eigenvalue weighted by molar-refractivity contribution is 7.14. The second-order valence-electron chi connectivity index (χ2n) is 6.43. The van der Waals surface area contributed by atoms with E-state index in [9.17, 15) is 4.79 Å². The first-order valence-electron chi connectivity index (χ1n) is 6.94. The van der Waals surface area contributed by atoms with Crippen LogP contribution in [0.1, 0.15) is 39.7 Å². The summed E-state index contributed by atoms with van der Waals surface area (Å²) in [6.45, 7) is 8.38. The highest BCUT2D eigenvalue weighted by atomic mass is 32.1. The van der Waals surface area contributed by atoms with Gasteiger partial charge in [-0.15, -0.1) is 11.3 Å². The van der Waals surface area contributed by atoms with Crippen LogP contribution in [0.25, 0.3) is 0 Å². The lowest BCUT2D eigenvalue weighted by atomic mass is 9.94. The van der Waals surface area contributed by atoms with Gasteiger partial charge < -0.3 is 15.4 Å². The molecule has 1 atom stereocenters. The average molecular weight is 307 g/mol. The number of rotatable bonds is 4. The van der Waals surface area contributed by atoms with Crippen molar-refractivity contribution in [1.82, 2.24) is 5.32 Å². The van der Waals surface area contributed by atoms with Crippen LogP contribution in [0.5, 0.6) is 0 Å². The van der Waals surface area contributed by atoms with Crippen LogP contribution in [-0.4, -0.2) is 29.7 Å². The summed E-state index contributed by atoms with van der Waals surface area (Å²) in [6.07, 6.45) is 0.857. The SMILES string of the molecule is CC1(C)CC(NCC(=O)Nc2sccc2C#N)C(C)(C)O1. The lowest BCUT2D eigenvalue weighted by Crippen LogP contribution is -2.46. The normalized spacial score (nSPS) is 22.7. The second-order valence-corrected chi connectivity index (χ2v) is 7.34. The van der Waals surface area contributed by atoms with E-state index in [2.05, 4.69) is 30.6 Å². The summed E-state index contributed by atoms with van der Waals surface area (Å²) in [4.78, 5) is 12.0. The number of ether oxygens (including phenoxy) is 1. The molecule has 0 aromatic carbocycles. The van der Waals surface area contributed by atoms with Crippen molar-refractivity contribution in [3.63, 3.8) is 0 Å². The van der Waals surface area contributed by atoms with Gasteiger partial charge in [-0.25, -0.2) is 0 Å². The third-order valence-corrected chi connectivity index (χ3v) is 4.45. The summed E-state index contributed by atoms with van der Waals surface area (Å²) in [5, 5.41) is 17.3. The van der Waals surface area contributed by atoms with Gasteiger partial charge in [-0.05, 0) is 45.6 Å². The monoisotopic (exact) mass is 307 g/mol. The maximum absolute atomic E-state index is 12.0. The van der Waals surface area contributed by atoms with Crippen LogP contribution < -0.4 is 10.6 Å². The summed E-state index contributed by atoms with van der Waals surface area (Å²) in [5.41, 5.74) is 0.0168. The minimum absolute atomic E-state index is 0.122. The fourth-order valence-corrected chi connectivity index (χ4v) is 3.51. The molecule has 1 amide bonds. The van der Waals surface area contributed by atoms with E-state index in [1.165, 1.54) is 11.3 Å². The number of thiophene rings is 1. The van der Waals surface area contributed by atoms with Gasteiger partial charge >= 0.3 is 0 Å². The molecule has 1 aliphatic rings. The molecule has 2 heterocycles. The molecule has 114 valence electrons. The van der Waals surface area contributed by atoms with E-state index in [4.69, 9.17) is 10.00 Å². The van der Waals surface area contributed by atoms with Crippen molar-refractivity contribution in [3.8, 4) is 6.07 Å². The van der Waals surface area contributed by atoms with Crippen molar-refractivity contribution in [2.24, 2.45) is 0 Å². The van der Waals surface area contributed by atoms with E-state index in [0.717, 1.165) is 6.42 Å². The van der Waals surface area contributed by atoms with Crippen LogP contribution in [-0.2, 0) is 9.53 Å². The molecule has 1 aliphatic heterocycles. The Morgan fingerprint density at radius 2 is 2.24 bits per heavy atom. The molecule has 2 N–H and O–H groups in total. The Hall–Kier alpha value is -1.42. The molecule has 5 nitrogen and oxygen atoms in total. The maximum Gasteiger partial charge on any atom is 0.238 e. The molecule has 1 aromatic heterocycles. The summed E-state index contributed by atoms with van der Waals surface area (Å²) < 4.78 is 5.99. The molecule has 1 unspecified atom stereocenters. The maximum atomic E-state index is 12.0. The van der Waals surface area contributed by atoms with Crippen molar-refractivity contribution in [3.05, 3.63) is 17.0 Å². The topological polar surface area (TPSA) is 74.2 Å². The Morgan fingerprint density at radius 1 is 1.52 bits per heavy atom. The minimum atomic E-state index is -0.301. The van der Waals surface area contributed by atoms with Crippen molar-refractivity contribution >= 4 is 22.2 Å². The van der Waals surface area contributed by atoms with Gasteiger partial charge in [0.1, 0.15) is 11.1 Å². The summed E-state index contributed by atoms with van der Waals surface area (Å²) in [7, 11) is 0. The molecule has 21 heavy (non-hydrogen) atoms. The van der Waals surface area contributed by atoms with Gasteiger partial charge in [-0.2, -0.15) is 5.26 Å². The molecule has 0 bridgehead atoms. The zero-order valence-electron chi connectivity index (χ0n) is 12.8. The summed E-state index contributed by atoms with van der Waals surface area (Å²) >= 11 is 1.35. The number of carbonyl (C=O) groups is 1. The smallest absolute Gasteiger partial charge is 0.238 e. The molecular weight excluding hydrogens is 286 g/mol. The molecule has 1 aromatic rings. The van der Waals surface area contributed by atoms with E-state index in [1.807, 2.05) is 13.8 Å². The Kier molecular flexibility index (Phi) is 4.38. The van der Waals surface area contributed by atoms with Gasteiger partial charge in [-0.3, -0.25) is 4.79 Å². The second kappa shape index (κ2) is 5.76. The van der Waals surface area contributed by atoms with Gasteiger partial charge in [0.05, 0.1) is 23.3 Å². The first-order chi connectivity index (χ1) is 9.73. The highest BCUT2D eigenvalue weighted by Crippen LogP contribution is 2.37. The lowest BCUT2D eigenvalue weighted by molar-refractivity contribution is -0.115. The Labute approximate surface area is 129 Å². The quantitative estimate of drug-likeness (QED) is 0.896. The number of anilines is 1. The number of nitriles is 1. The van der Waals surface area contributed by atoms with Crippen LogP contribution in [0.3, 0.4) is 0 Å². The molecule has 0 radical (unpaired) electrons. The molecule has 2 rings (SSSR count). The summed E-state index contributed by atoms with van der Waals surface area (Å²) in [6, 6.07) is 3.88. The van der Waals surface area contributed by atoms with Crippen LogP contribution in [0.4, 0.5) is 5.00 Å². The van der Waals surface area contributed by atoms with E-state index in [0.29, 0.717) is 10.6 Å². The molecule has 6 heteroatoms. The Morgan fingerprint density at radius 3 is 2.81 bits per heavy atom. The summed E-state index contributed by atoms with van der Waals surface area (Å²) in [5.74, 6) is -0.144. The van der Waals surface area contributed by atoms with Crippen molar-refractivity contribution < 1.29 is 9.53 Å². The number of hydrogen-bond acceptors (Lipinski definition) is 5. The first-order valence-corrected chi connectivity index (χ1v) is 7.82. The largest absolute Gasteiger partial charge is 0.368 e. The first kappa shape index (κ1) is 16.0. The minimum Gasteiger partial charge on any atom is -0.368 e. The zero-order valence-corrected chi connectivity index (χ0v) is 13.6. The van der Waals surface area contributed by atoms with E-state index in [1.54, 1.807) is 11.4 Å². The van der Waals surface area contributed by atoms with Crippen molar-refractivity contribution in [1.29, 1.82) is 5.26 Å². The molecule has 0 spiro atoms. The van der Waals surface area contributed by atoms with Gasteiger partial charge in [0.2, 0.25) is 5.91 Å². The average Bonchev–Trinajstić information content (AvgIpc) is 2.87. The predicted octanol–water partition coefficient (Wildman–Crippen LogP) is 2.49. The van der Waals surface area contributed by atoms with Crippen LogP contribution >= 0.6 is 11.3 Å². The molecule has 0 saturated carbocycles. The van der Waals surface area contributed by atoms with Gasteiger partial charge in [-0.1, -0.05) is 0 Å². The Balaban J connectivity index is 1.89. The van der Waals surface area contributed by atoms with Crippen LogP contribution in [0, 0.1) is 11.3 Å². The van der Waals surface area contributed by atoms with E-state index in [-0.39, 0.29) is 29.7 Å². The Bertz CT molecular complexity index is 572. The van der Waals surface area contributed by atoms with Crippen LogP contribution in [0.2, 0.25) is 0 Å². The predicted molar refractivity (Wildman–Crippen MR) is 83.3 cm³/mol. The van der Waals surface area contributed by atoms with Crippen LogP contribution in [0.15, 0.2) is 11.4 Å². The number of amides is 1. The van der Waals surface area contributed by atoms with Gasteiger partial charge in [0, 0.05) is 6.04 Å². The fourth-order valence-electron chi connectivity index (χ4n) is 2.76. The number of nitrogens with one attached hydrogen (secondary N) is 2. The third-order valence-electron chi connectivity index (χ3n) is 3.62. The van der Waals surface area contributed by atoms with E-state index >= 15 is 0 Å². The molecular formula is C15H21N3O2S. The van der Waals surface area contributed by atoms with Gasteiger partial charge in [0.15, 0.2) is 0 Å². The van der Waals surface area contributed by atoms with Crippen molar-refractivity contribution in [2.45, 2.75) is 51.4 Å². The number of hydrogen-bond donors (Lipinski definition) is 2. The van der Waals surface area contributed by atoms with Crippen molar-refractivity contribution in [2.75, 3.05) is 11.9 Å². The number of nitrogens with zero attached hydrogens (tertiary/aromatic N) is 1. The standard InChI is InChI=1S/C15H21N3O2S/c1-14(2)7-11(15(3,4)20-14)17-9-12(19)18-13-10(8-16)5-6-21-13/h5-6,11,17H,7,9H2,1-4H3,(H,18,19). The number of carbonyl (C=O) groups excluding carboxylic acids is 1. The third kappa shape index (κ3) is 3.82. The van der Waals surface area contributed by atoms with E-state index < -0.39 is 0 Å². The lowest BCUT2D eigenvalue weighted by Gasteiger charge is -2.27. The highest BCUT2D eigenvalue weighted by Gasteiger charge is 2.45. The molecule has 1 saturated heterocycles.